The van der Waals surface area contributed by atoms with Crippen LogP contribution >= 0.6 is 0 Å². The third-order valence-electron chi connectivity index (χ3n) is 8.70. The number of nitrogens with zero attached hydrogens (tertiary/aromatic N) is 3. The highest BCUT2D eigenvalue weighted by molar-refractivity contribution is 6.13. The van der Waals surface area contributed by atoms with Gasteiger partial charge >= 0.3 is 0 Å². The summed E-state index contributed by atoms with van der Waals surface area (Å²) in [4.78, 5) is 15.3. The molecule has 0 aliphatic rings. The van der Waals surface area contributed by atoms with Crippen molar-refractivity contribution < 1.29 is 4.42 Å². The predicted octanol–water partition coefficient (Wildman–Crippen LogP) is 11.3. The van der Waals surface area contributed by atoms with Gasteiger partial charge in [0.2, 0.25) is 0 Å². The number of aromatic nitrogens is 3. The standard InChI is InChI=1S/C43H27N3O/c1-4-12-28(13-5-1)33-22-23-36-38(26-33)47-39-27-35(29-14-6-2-7-15-29)25-37(40(36)39)43-45-41(31-17-8-3-9-18-31)44-42(46-43)34-21-20-30-16-10-11-19-32(30)24-34/h1-27H. The Morgan fingerprint density at radius 2 is 0.894 bits per heavy atom. The maximum Gasteiger partial charge on any atom is 0.164 e. The summed E-state index contributed by atoms with van der Waals surface area (Å²) in [5.41, 5.74) is 8.74. The van der Waals surface area contributed by atoms with Gasteiger partial charge in [-0.15, -0.1) is 0 Å². The first-order valence-electron chi connectivity index (χ1n) is 15.7. The fourth-order valence-electron chi connectivity index (χ4n) is 6.36. The fourth-order valence-corrected chi connectivity index (χ4v) is 6.36. The van der Waals surface area contributed by atoms with Gasteiger partial charge in [0.15, 0.2) is 17.5 Å². The highest BCUT2D eigenvalue weighted by atomic mass is 16.3. The van der Waals surface area contributed by atoms with Gasteiger partial charge in [-0.1, -0.05) is 133 Å². The molecule has 0 spiro atoms. The molecule has 4 heteroatoms. The molecule has 0 unspecified atom stereocenters. The molecule has 0 radical (unpaired) electrons. The lowest BCUT2D eigenvalue weighted by atomic mass is 9.97. The lowest BCUT2D eigenvalue weighted by molar-refractivity contribution is 0.669. The number of fused-ring (bicyclic) bond motifs is 4. The van der Waals surface area contributed by atoms with E-state index in [4.69, 9.17) is 19.4 Å². The van der Waals surface area contributed by atoms with E-state index in [9.17, 15) is 0 Å². The molecule has 2 heterocycles. The van der Waals surface area contributed by atoms with Crippen molar-refractivity contribution in [3.63, 3.8) is 0 Å². The molecule has 2 aromatic heterocycles. The van der Waals surface area contributed by atoms with Gasteiger partial charge in [-0.25, -0.2) is 15.0 Å². The Kier molecular flexibility index (Phi) is 6.43. The van der Waals surface area contributed by atoms with Crippen LogP contribution in [-0.4, -0.2) is 15.0 Å². The van der Waals surface area contributed by atoms with E-state index in [-0.39, 0.29) is 0 Å². The maximum absolute atomic E-state index is 6.65. The molecular weight excluding hydrogens is 574 g/mol. The largest absolute Gasteiger partial charge is 0.456 e. The molecule has 0 amide bonds. The van der Waals surface area contributed by atoms with Gasteiger partial charge < -0.3 is 4.42 Å². The summed E-state index contributed by atoms with van der Waals surface area (Å²) in [7, 11) is 0. The smallest absolute Gasteiger partial charge is 0.164 e. The Hall–Kier alpha value is -6.39. The number of hydrogen-bond donors (Lipinski definition) is 0. The van der Waals surface area contributed by atoms with Gasteiger partial charge in [-0.05, 0) is 63.4 Å². The van der Waals surface area contributed by atoms with E-state index in [1.54, 1.807) is 0 Å². The van der Waals surface area contributed by atoms with Crippen molar-refractivity contribution in [2.24, 2.45) is 0 Å². The minimum atomic E-state index is 0.597. The van der Waals surface area contributed by atoms with E-state index >= 15 is 0 Å². The zero-order valence-corrected chi connectivity index (χ0v) is 25.3. The average Bonchev–Trinajstić information content (AvgIpc) is 3.53. The maximum atomic E-state index is 6.65. The van der Waals surface area contributed by atoms with Gasteiger partial charge in [0.1, 0.15) is 11.2 Å². The number of rotatable bonds is 5. The predicted molar refractivity (Wildman–Crippen MR) is 192 cm³/mol. The van der Waals surface area contributed by atoms with Crippen molar-refractivity contribution in [1.82, 2.24) is 15.0 Å². The fraction of sp³-hybridized carbons (Fsp3) is 0. The van der Waals surface area contributed by atoms with Crippen LogP contribution in [0.3, 0.4) is 0 Å². The van der Waals surface area contributed by atoms with Crippen molar-refractivity contribution >= 4 is 32.7 Å². The average molecular weight is 602 g/mol. The summed E-state index contributed by atoms with van der Waals surface area (Å²) >= 11 is 0. The van der Waals surface area contributed by atoms with Crippen molar-refractivity contribution in [3.8, 4) is 56.4 Å². The van der Waals surface area contributed by atoms with Crippen LogP contribution in [0.25, 0.3) is 89.1 Å². The molecule has 220 valence electrons. The van der Waals surface area contributed by atoms with Gasteiger partial charge in [0.05, 0.1) is 0 Å². The third-order valence-corrected chi connectivity index (χ3v) is 8.70. The lowest BCUT2D eigenvalue weighted by Crippen LogP contribution is -2.00. The first-order chi connectivity index (χ1) is 23.3. The van der Waals surface area contributed by atoms with Crippen molar-refractivity contribution in [3.05, 3.63) is 164 Å². The minimum Gasteiger partial charge on any atom is -0.456 e. The minimum absolute atomic E-state index is 0.597. The summed E-state index contributed by atoms with van der Waals surface area (Å²) in [5, 5.41) is 4.31. The topological polar surface area (TPSA) is 51.8 Å². The lowest BCUT2D eigenvalue weighted by Gasteiger charge is -2.11. The second-order valence-electron chi connectivity index (χ2n) is 11.7. The molecule has 7 aromatic carbocycles. The number of furan rings is 1. The van der Waals surface area contributed by atoms with Crippen LogP contribution in [-0.2, 0) is 0 Å². The first-order valence-corrected chi connectivity index (χ1v) is 15.7. The molecule has 9 rings (SSSR count). The number of benzene rings is 7. The normalized spacial score (nSPS) is 11.4. The molecule has 0 fully saturated rings. The van der Waals surface area contributed by atoms with E-state index in [0.717, 1.165) is 66.3 Å². The van der Waals surface area contributed by atoms with E-state index in [2.05, 4.69) is 121 Å². The first kappa shape index (κ1) is 27.0. The van der Waals surface area contributed by atoms with Crippen LogP contribution in [0.5, 0.6) is 0 Å². The van der Waals surface area contributed by atoms with Crippen molar-refractivity contribution in [2.75, 3.05) is 0 Å². The number of hydrogen-bond acceptors (Lipinski definition) is 4. The zero-order valence-electron chi connectivity index (χ0n) is 25.3. The SMILES string of the molecule is c1ccc(-c2ccc3c(c2)oc2cc(-c4ccccc4)cc(-c4nc(-c5ccccc5)nc(-c5ccc6ccccc6c5)n4)c23)cc1. The molecule has 0 N–H and O–H groups in total. The van der Waals surface area contributed by atoms with Crippen LogP contribution in [0, 0.1) is 0 Å². The third kappa shape index (κ3) is 4.93. The molecule has 0 bridgehead atoms. The summed E-state index contributed by atoms with van der Waals surface area (Å²) in [6.07, 6.45) is 0. The zero-order chi connectivity index (χ0) is 31.2. The second-order valence-corrected chi connectivity index (χ2v) is 11.7. The molecular formula is C43H27N3O. The van der Waals surface area contributed by atoms with E-state index < -0.39 is 0 Å². The molecule has 0 atom stereocenters. The highest BCUT2D eigenvalue weighted by Crippen LogP contribution is 2.41. The molecule has 9 aromatic rings. The van der Waals surface area contributed by atoms with Crippen LogP contribution in [0.1, 0.15) is 0 Å². The van der Waals surface area contributed by atoms with E-state index in [0.29, 0.717) is 17.5 Å². The monoisotopic (exact) mass is 601 g/mol. The summed E-state index contributed by atoms with van der Waals surface area (Å²) < 4.78 is 6.65. The second kappa shape index (κ2) is 11.2. The summed E-state index contributed by atoms with van der Waals surface area (Å²) in [6, 6.07) is 56.3. The van der Waals surface area contributed by atoms with Gasteiger partial charge in [0.25, 0.3) is 0 Å². The van der Waals surface area contributed by atoms with Crippen LogP contribution in [0.2, 0.25) is 0 Å². The van der Waals surface area contributed by atoms with Crippen molar-refractivity contribution in [1.29, 1.82) is 0 Å². The quantitative estimate of drug-likeness (QED) is 0.197. The van der Waals surface area contributed by atoms with Crippen LogP contribution in [0.4, 0.5) is 0 Å². The van der Waals surface area contributed by atoms with Gasteiger partial charge in [0, 0.05) is 27.5 Å². The molecule has 4 nitrogen and oxygen atoms in total. The Balaban J connectivity index is 1.32. The summed E-state index contributed by atoms with van der Waals surface area (Å²) in [5.74, 6) is 1.84. The Morgan fingerprint density at radius 3 is 1.62 bits per heavy atom. The molecule has 0 saturated heterocycles. The van der Waals surface area contributed by atoms with Gasteiger partial charge in [-0.2, -0.15) is 0 Å². The summed E-state index contributed by atoms with van der Waals surface area (Å²) in [6.45, 7) is 0. The Bertz CT molecular complexity index is 2560. The van der Waals surface area contributed by atoms with Crippen LogP contribution < -0.4 is 0 Å². The van der Waals surface area contributed by atoms with Crippen molar-refractivity contribution in [2.45, 2.75) is 0 Å². The van der Waals surface area contributed by atoms with E-state index in [1.165, 1.54) is 5.39 Å². The van der Waals surface area contributed by atoms with Crippen LogP contribution in [0.15, 0.2) is 168 Å². The Morgan fingerprint density at radius 1 is 0.340 bits per heavy atom. The molecule has 0 aliphatic carbocycles. The molecule has 0 saturated carbocycles. The highest BCUT2D eigenvalue weighted by Gasteiger charge is 2.20. The van der Waals surface area contributed by atoms with Gasteiger partial charge in [-0.3, -0.25) is 0 Å². The van der Waals surface area contributed by atoms with E-state index in [1.807, 2.05) is 42.5 Å². The molecule has 0 aliphatic heterocycles. The molecule has 47 heavy (non-hydrogen) atoms. The Labute approximate surface area is 271 Å².